The molecule has 2 rings (SSSR count). The van der Waals surface area contributed by atoms with E-state index in [1.54, 1.807) is 6.20 Å². The molecule has 14 heavy (non-hydrogen) atoms. The maximum absolute atomic E-state index is 10.4. The molecule has 0 aliphatic heterocycles. The predicted molar refractivity (Wildman–Crippen MR) is 59.1 cm³/mol. The van der Waals surface area contributed by atoms with Gasteiger partial charge < -0.3 is 5.11 Å². The number of hydrogen-bond donors (Lipinski definition) is 2. The molecule has 0 radical (unpaired) electrons. The standard InChI is InChI=1S/C9H14N2OS2/c10-14-8-11-6-7(13-8)9(12)4-2-1-3-5-9/h6,12H,1-5,10H2. The summed E-state index contributed by atoms with van der Waals surface area (Å²) in [4.78, 5) is 5.13. The average Bonchev–Trinajstić information content (AvgIpc) is 2.67. The fourth-order valence-electron chi connectivity index (χ4n) is 1.91. The van der Waals surface area contributed by atoms with E-state index in [9.17, 15) is 5.11 Å². The van der Waals surface area contributed by atoms with Crippen molar-refractivity contribution < 1.29 is 5.11 Å². The van der Waals surface area contributed by atoms with Crippen molar-refractivity contribution in [2.45, 2.75) is 42.0 Å². The van der Waals surface area contributed by atoms with Crippen LogP contribution in [0, 0.1) is 0 Å². The Morgan fingerprint density at radius 2 is 2.14 bits per heavy atom. The van der Waals surface area contributed by atoms with Crippen LogP contribution >= 0.6 is 23.3 Å². The van der Waals surface area contributed by atoms with E-state index in [1.165, 1.54) is 17.8 Å². The molecule has 0 bridgehead atoms. The lowest BCUT2D eigenvalue weighted by Crippen LogP contribution is -2.27. The lowest BCUT2D eigenvalue weighted by Gasteiger charge is -2.30. The van der Waals surface area contributed by atoms with Crippen molar-refractivity contribution in [3.8, 4) is 0 Å². The van der Waals surface area contributed by atoms with Crippen LogP contribution in [-0.4, -0.2) is 10.1 Å². The van der Waals surface area contributed by atoms with Gasteiger partial charge in [-0.15, -0.1) is 11.3 Å². The molecule has 1 saturated carbocycles. The normalized spacial score (nSPS) is 21.0. The van der Waals surface area contributed by atoms with Gasteiger partial charge in [0.05, 0.1) is 4.88 Å². The molecule has 1 aliphatic rings. The van der Waals surface area contributed by atoms with E-state index < -0.39 is 5.60 Å². The summed E-state index contributed by atoms with van der Waals surface area (Å²) in [6.45, 7) is 0. The van der Waals surface area contributed by atoms with Gasteiger partial charge in [0.1, 0.15) is 5.60 Å². The molecular formula is C9H14N2OS2. The Kier molecular flexibility index (Phi) is 3.11. The Morgan fingerprint density at radius 3 is 2.71 bits per heavy atom. The molecule has 0 amide bonds. The van der Waals surface area contributed by atoms with Crippen molar-refractivity contribution in [2.75, 3.05) is 0 Å². The van der Waals surface area contributed by atoms with Gasteiger partial charge in [0.2, 0.25) is 0 Å². The third kappa shape index (κ3) is 1.95. The number of aromatic nitrogens is 1. The number of aliphatic hydroxyl groups is 1. The fraction of sp³-hybridized carbons (Fsp3) is 0.667. The highest BCUT2D eigenvalue weighted by atomic mass is 32.2. The molecule has 1 heterocycles. The fourth-order valence-corrected chi connectivity index (χ4v) is 3.28. The Bertz CT molecular complexity index is 308. The summed E-state index contributed by atoms with van der Waals surface area (Å²) < 4.78 is 0.832. The quantitative estimate of drug-likeness (QED) is 0.765. The van der Waals surface area contributed by atoms with Crippen molar-refractivity contribution >= 4 is 23.3 Å². The van der Waals surface area contributed by atoms with Crippen molar-refractivity contribution in [2.24, 2.45) is 5.14 Å². The molecule has 0 unspecified atom stereocenters. The summed E-state index contributed by atoms with van der Waals surface area (Å²) >= 11 is 2.66. The number of thiazole rings is 1. The van der Waals surface area contributed by atoms with Gasteiger partial charge in [0.25, 0.3) is 0 Å². The second-order valence-corrected chi connectivity index (χ2v) is 5.61. The van der Waals surface area contributed by atoms with Crippen LogP contribution in [0.5, 0.6) is 0 Å². The molecule has 0 atom stereocenters. The first-order chi connectivity index (χ1) is 6.74. The summed E-state index contributed by atoms with van der Waals surface area (Å²) in [5.74, 6) is 0. The van der Waals surface area contributed by atoms with Crippen LogP contribution in [0.15, 0.2) is 10.5 Å². The Morgan fingerprint density at radius 1 is 1.43 bits per heavy atom. The second-order valence-electron chi connectivity index (χ2n) is 3.70. The Hall–Kier alpha value is -0.100. The van der Waals surface area contributed by atoms with E-state index in [1.807, 2.05) is 0 Å². The molecule has 1 aliphatic carbocycles. The summed E-state index contributed by atoms with van der Waals surface area (Å²) in [6.07, 6.45) is 6.96. The third-order valence-electron chi connectivity index (χ3n) is 2.72. The van der Waals surface area contributed by atoms with Crippen molar-refractivity contribution in [1.82, 2.24) is 4.98 Å². The van der Waals surface area contributed by atoms with Gasteiger partial charge in [-0.25, -0.2) is 4.98 Å². The molecule has 0 spiro atoms. The largest absolute Gasteiger partial charge is 0.384 e. The molecule has 78 valence electrons. The van der Waals surface area contributed by atoms with E-state index in [2.05, 4.69) is 4.98 Å². The van der Waals surface area contributed by atoms with E-state index in [4.69, 9.17) is 5.14 Å². The van der Waals surface area contributed by atoms with Crippen LogP contribution in [-0.2, 0) is 5.60 Å². The van der Waals surface area contributed by atoms with Gasteiger partial charge in [-0.2, -0.15) is 0 Å². The minimum atomic E-state index is -0.621. The van der Waals surface area contributed by atoms with Crippen molar-refractivity contribution in [1.29, 1.82) is 0 Å². The summed E-state index contributed by atoms with van der Waals surface area (Å²) in [5, 5.41) is 15.8. The van der Waals surface area contributed by atoms with Crippen LogP contribution in [0.1, 0.15) is 37.0 Å². The van der Waals surface area contributed by atoms with Gasteiger partial charge >= 0.3 is 0 Å². The first-order valence-electron chi connectivity index (χ1n) is 4.80. The summed E-state index contributed by atoms with van der Waals surface area (Å²) in [5.41, 5.74) is -0.621. The lowest BCUT2D eigenvalue weighted by atomic mass is 9.84. The van der Waals surface area contributed by atoms with Crippen molar-refractivity contribution in [3.05, 3.63) is 11.1 Å². The highest BCUT2D eigenvalue weighted by molar-refractivity contribution is 7.98. The zero-order valence-electron chi connectivity index (χ0n) is 7.90. The third-order valence-corrected chi connectivity index (χ3v) is 4.56. The molecule has 0 saturated heterocycles. The van der Waals surface area contributed by atoms with Crippen LogP contribution in [0.3, 0.4) is 0 Å². The smallest absolute Gasteiger partial charge is 0.165 e. The number of hydrogen-bond acceptors (Lipinski definition) is 5. The molecule has 1 aromatic rings. The summed E-state index contributed by atoms with van der Waals surface area (Å²) in [7, 11) is 0. The lowest BCUT2D eigenvalue weighted by molar-refractivity contribution is 0.00265. The molecule has 1 fully saturated rings. The van der Waals surface area contributed by atoms with Crippen LogP contribution in [0.25, 0.3) is 0 Å². The topological polar surface area (TPSA) is 59.1 Å². The molecule has 1 aromatic heterocycles. The van der Waals surface area contributed by atoms with E-state index in [-0.39, 0.29) is 0 Å². The average molecular weight is 230 g/mol. The molecule has 3 nitrogen and oxygen atoms in total. The van der Waals surface area contributed by atoms with Crippen molar-refractivity contribution in [3.63, 3.8) is 0 Å². The Labute approximate surface area is 91.9 Å². The van der Waals surface area contributed by atoms with Gasteiger partial charge in [0, 0.05) is 6.20 Å². The van der Waals surface area contributed by atoms with Gasteiger partial charge in [-0.1, -0.05) is 19.3 Å². The number of nitrogens with two attached hydrogens (primary N) is 1. The molecule has 5 heteroatoms. The minimum Gasteiger partial charge on any atom is -0.384 e. The second kappa shape index (κ2) is 4.18. The van der Waals surface area contributed by atoms with E-state index in [0.717, 1.165) is 46.8 Å². The SMILES string of the molecule is NSc1ncc(C2(O)CCCCC2)s1. The highest BCUT2D eigenvalue weighted by Crippen LogP contribution is 2.40. The zero-order valence-corrected chi connectivity index (χ0v) is 9.53. The van der Waals surface area contributed by atoms with Crippen LogP contribution in [0.2, 0.25) is 0 Å². The first kappa shape index (κ1) is 10.4. The maximum atomic E-state index is 10.4. The molecule has 3 N–H and O–H groups in total. The monoisotopic (exact) mass is 230 g/mol. The summed E-state index contributed by atoms with van der Waals surface area (Å²) in [6, 6.07) is 0. The van der Waals surface area contributed by atoms with E-state index >= 15 is 0 Å². The van der Waals surface area contributed by atoms with Gasteiger partial charge in [0.15, 0.2) is 4.34 Å². The van der Waals surface area contributed by atoms with Crippen LogP contribution in [0.4, 0.5) is 0 Å². The number of nitrogens with zero attached hydrogens (tertiary/aromatic N) is 1. The first-order valence-corrected chi connectivity index (χ1v) is 6.50. The van der Waals surface area contributed by atoms with Crippen LogP contribution < -0.4 is 5.14 Å². The zero-order chi connectivity index (χ0) is 10.0. The molecular weight excluding hydrogens is 216 g/mol. The van der Waals surface area contributed by atoms with Gasteiger partial charge in [-0.05, 0) is 24.8 Å². The molecule has 0 aromatic carbocycles. The van der Waals surface area contributed by atoms with Gasteiger partial charge in [-0.3, -0.25) is 5.14 Å². The Balaban J connectivity index is 2.19. The number of rotatable bonds is 2. The highest BCUT2D eigenvalue weighted by Gasteiger charge is 2.32. The predicted octanol–water partition coefficient (Wildman–Crippen LogP) is 2.26. The van der Waals surface area contributed by atoms with E-state index in [0.29, 0.717) is 0 Å². The minimum absolute atomic E-state index is 0.621. The maximum Gasteiger partial charge on any atom is 0.165 e.